The van der Waals surface area contributed by atoms with Crippen LogP contribution < -0.4 is 5.32 Å². The van der Waals surface area contributed by atoms with Crippen LogP contribution >= 0.6 is 23.2 Å². The molecule has 0 unspecified atom stereocenters. The molecule has 1 fully saturated rings. The predicted molar refractivity (Wildman–Crippen MR) is 95.9 cm³/mol. The van der Waals surface area contributed by atoms with E-state index in [0.29, 0.717) is 27.3 Å². The number of aromatic nitrogens is 4. The summed E-state index contributed by atoms with van der Waals surface area (Å²) < 4.78 is 1.85. The third-order valence-corrected chi connectivity index (χ3v) is 4.52. The van der Waals surface area contributed by atoms with Crippen LogP contribution in [0.25, 0.3) is 11.4 Å². The largest absolute Gasteiger partial charge is 0.322 e. The number of nitrogens with one attached hydrogen (secondary N) is 1. The molecule has 0 saturated heterocycles. The van der Waals surface area contributed by atoms with Crippen molar-refractivity contribution in [3.63, 3.8) is 0 Å². The minimum absolute atomic E-state index is 0.317. The number of tetrazole rings is 1. The monoisotopic (exact) mass is 373 g/mol. The lowest BCUT2D eigenvalue weighted by Crippen LogP contribution is -2.12. The first-order valence-electron chi connectivity index (χ1n) is 7.76. The van der Waals surface area contributed by atoms with Crippen molar-refractivity contribution in [3.8, 4) is 11.4 Å². The SMILES string of the molecule is O=C(Nc1ccc(-c2nnnn2C2CC2)cc1)c1cc(Cl)ccc1Cl. The minimum atomic E-state index is -0.317. The fourth-order valence-electron chi connectivity index (χ4n) is 2.52. The van der Waals surface area contributed by atoms with E-state index in [4.69, 9.17) is 23.2 Å². The van der Waals surface area contributed by atoms with E-state index >= 15 is 0 Å². The van der Waals surface area contributed by atoms with Gasteiger partial charge < -0.3 is 5.32 Å². The predicted octanol–water partition coefficient (Wildman–Crippen LogP) is 4.23. The van der Waals surface area contributed by atoms with Crippen LogP contribution in [0.1, 0.15) is 29.2 Å². The molecule has 0 spiro atoms. The van der Waals surface area contributed by atoms with Crippen molar-refractivity contribution >= 4 is 34.8 Å². The van der Waals surface area contributed by atoms with E-state index < -0.39 is 0 Å². The summed E-state index contributed by atoms with van der Waals surface area (Å²) in [5, 5.41) is 15.5. The number of carbonyl (C=O) groups is 1. The van der Waals surface area contributed by atoms with Gasteiger partial charge in [-0.25, -0.2) is 4.68 Å². The average molecular weight is 374 g/mol. The van der Waals surface area contributed by atoms with Crippen molar-refractivity contribution in [2.24, 2.45) is 0 Å². The molecule has 0 atom stereocenters. The van der Waals surface area contributed by atoms with Crippen LogP contribution in [0.3, 0.4) is 0 Å². The van der Waals surface area contributed by atoms with Crippen LogP contribution in [0.4, 0.5) is 5.69 Å². The van der Waals surface area contributed by atoms with E-state index in [9.17, 15) is 4.79 Å². The Morgan fingerprint density at radius 1 is 1.12 bits per heavy atom. The molecule has 3 aromatic rings. The first kappa shape index (κ1) is 16.1. The maximum absolute atomic E-state index is 12.4. The Kier molecular flexibility index (Phi) is 4.15. The summed E-state index contributed by atoms with van der Waals surface area (Å²) in [5.74, 6) is 0.418. The molecule has 126 valence electrons. The van der Waals surface area contributed by atoms with Gasteiger partial charge >= 0.3 is 0 Å². The lowest BCUT2D eigenvalue weighted by atomic mass is 10.1. The Bertz CT molecular complexity index is 934. The molecule has 1 heterocycles. The number of anilines is 1. The van der Waals surface area contributed by atoms with Gasteiger partial charge in [0.15, 0.2) is 5.82 Å². The second kappa shape index (κ2) is 6.46. The second-order valence-electron chi connectivity index (χ2n) is 5.83. The highest BCUT2D eigenvalue weighted by atomic mass is 35.5. The van der Waals surface area contributed by atoms with Crippen molar-refractivity contribution < 1.29 is 4.79 Å². The van der Waals surface area contributed by atoms with Gasteiger partial charge in [-0.3, -0.25) is 4.79 Å². The topological polar surface area (TPSA) is 72.7 Å². The van der Waals surface area contributed by atoms with Crippen LogP contribution in [0.2, 0.25) is 10.0 Å². The zero-order chi connectivity index (χ0) is 17.4. The molecule has 25 heavy (non-hydrogen) atoms. The molecule has 4 rings (SSSR count). The molecule has 1 saturated carbocycles. The molecule has 2 aromatic carbocycles. The van der Waals surface area contributed by atoms with Gasteiger partial charge in [0.05, 0.1) is 16.6 Å². The molecule has 0 radical (unpaired) electrons. The highest BCUT2D eigenvalue weighted by Gasteiger charge is 2.28. The smallest absolute Gasteiger partial charge is 0.257 e. The van der Waals surface area contributed by atoms with Crippen LogP contribution in [0, 0.1) is 0 Å². The van der Waals surface area contributed by atoms with E-state index in [-0.39, 0.29) is 5.91 Å². The number of hydrogen-bond acceptors (Lipinski definition) is 4. The quantitative estimate of drug-likeness (QED) is 0.742. The molecule has 8 heteroatoms. The molecule has 1 aliphatic rings. The molecule has 0 aliphatic heterocycles. The second-order valence-corrected chi connectivity index (χ2v) is 6.68. The molecular formula is C17H13Cl2N5O. The Labute approximate surface area is 153 Å². The highest BCUT2D eigenvalue weighted by molar-refractivity contribution is 6.36. The molecule has 1 aromatic heterocycles. The molecule has 1 aliphatic carbocycles. The molecule has 1 amide bonds. The van der Waals surface area contributed by atoms with Crippen LogP contribution in [0.15, 0.2) is 42.5 Å². The summed E-state index contributed by atoms with van der Waals surface area (Å²) >= 11 is 12.0. The fourth-order valence-corrected chi connectivity index (χ4v) is 2.90. The standard InChI is InChI=1S/C17H13Cl2N5O/c18-11-3-8-15(19)14(9-11)17(25)20-12-4-1-10(2-5-12)16-21-22-23-24(16)13-6-7-13/h1-5,8-9,13H,6-7H2,(H,20,25). The maximum atomic E-state index is 12.4. The van der Waals surface area contributed by atoms with Crippen molar-refractivity contribution in [1.29, 1.82) is 0 Å². The number of halogens is 2. The number of benzene rings is 2. The van der Waals surface area contributed by atoms with Crippen LogP contribution in [-0.4, -0.2) is 26.1 Å². The van der Waals surface area contributed by atoms with E-state index in [2.05, 4.69) is 20.8 Å². The molecule has 6 nitrogen and oxygen atoms in total. The minimum Gasteiger partial charge on any atom is -0.322 e. The summed E-state index contributed by atoms with van der Waals surface area (Å²) in [6.07, 6.45) is 2.21. The Morgan fingerprint density at radius 2 is 1.88 bits per heavy atom. The highest BCUT2D eigenvalue weighted by Crippen LogP contribution is 2.36. The maximum Gasteiger partial charge on any atom is 0.257 e. The third kappa shape index (κ3) is 3.36. The van der Waals surface area contributed by atoms with Crippen LogP contribution in [-0.2, 0) is 0 Å². The molecule has 0 bridgehead atoms. The zero-order valence-electron chi connectivity index (χ0n) is 13.0. The third-order valence-electron chi connectivity index (χ3n) is 3.96. The van der Waals surface area contributed by atoms with Crippen molar-refractivity contribution in [2.75, 3.05) is 5.32 Å². The number of nitrogens with zero attached hydrogens (tertiary/aromatic N) is 4. The summed E-state index contributed by atoms with van der Waals surface area (Å²) in [5.41, 5.74) is 1.88. The average Bonchev–Trinajstić information content (AvgIpc) is 3.34. The summed E-state index contributed by atoms with van der Waals surface area (Å²) in [6, 6.07) is 12.5. The Morgan fingerprint density at radius 3 is 2.60 bits per heavy atom. The molecule has 1 N–H and O–H groups in total. The van der Waals surface area contributed by atoms with Gasteiger partial charge in [-0.05, 0) is 65.7 Å². The number of hydrogen-bond donors (Lipinski definition) is 1. The normalized spacial score (nSPS) is 13.7. The lowest BCUT2D eigenvalue weighted by molar-refractivity contribution is 0.102. The first-order valence-corrected chi connectivity index (χ1v) is 8.52. The summed E-state index contributed by atoms with van der Waals surface area (Å²) in [6.45, 7) is 0. The van der Waals surface area contributed by atoms with E-state index in [1.165, 1.54) is 6.07 Å². The molecular weight excluding hydrogens is 361 g/mol. The van der Waals surface area contributed by atoms with Gasteiger partial charge in [-0.1, -0.05) is 23.2 Å². The van der Waals surface area contributed by atoms with E-state index in [1.807, 2.05) is 16.8 Å². The number of carbonyl (C=O) groups excluding carboxylic acids is 1. The van der Waals surface area contributed by atoms with Gasteiger partial charge in [-0.15, -0.1) is 5.10 Å². The van der Waals surface area contributed by atoms with E-state index in [1.54, 1.807) is 24.3 Å². The Hall–Kier alpha value is -2.44. The zero-order valence-corrected chi connectivity index (χ0v) is 14.5. The summed E-state index contributed by atoms with van der Waals surface area (Å²) in [7, 11) is 0. The number of rotatable bonds is 4. The van der Waals surface area contributed by atoms with Gasteiger partial charge in [-0.2, -0.15) is 0 Å². The van der Waals surface area contributed by atoms with Crippen molar-refractivity contribution in [2.45, 2.75) is 18.9 Å². The summed E-state index contributed by atoms with van der Waals surface area (Å²) in [4.78, 5) is 12.4. The van der Waals surface area contributed by atoms with Crippen LogP contribution in [0.5, 0.6) is 0 Å². The van der Waals surface area contributed by atoms with Gasteiger partial charge in [0.2, 0.25) is 0 Å². The van der Waals surface area contributed by atoms with E-state index in [0.717, 1.165) is 24.2 Å². The van der Waals surface area contributed by atoms with Gasteiger partial charge in [0, 0.05) is 16.3 Å². The van der Waals surface area contributed by atoms with Crippen molar-refractivity contribution in [1.82, 2.24) is 20.2 Å². The van der Waals surface area contributed by atoms with Gasteiger partial charge in [0.25, 0.3) is 5.91 Å². The number of amides is 1. The lowest BCUT2D eigenvalue weighted by Gasteiger charge is -2.08. The van der Waals surface area contributed by atoms with Crippen molar-refractivity contribution in [3.05, 3.63) is 58.1 Å². The Balaban J connectivity index is 1.53. The fraction of sp³-hybridized carbons (Fsp3) is 0.176. The first-order chi connectivity index (χ1) is 12.1. The van der Waals surface area contributed by atoms with Gasteiger partial charge in [0.1, 0.15) is 0 Å².